The SMILES string of the molecule is C[C@H]1Oc2ccc(NC(=O)NCc3nnc4n3CCCC4)cc2N(C)C1=O. The molecular formula is C18H22N6O3. The average Bonchev–Trinajstić information content (AvgIpc) is 3.08. The molecule has 3 amide bonds. The van der Waals surface area contributed by atoms with Crippen LogP contribution in [0.2, 0.25) is 0 Å². The lowest BCUT2D eigenvalue weighted by Gasteiger charge is -2.30. The van der Waals surface area contributed by atoms with Crippen LogP contribution in [0.3, 0.4) is 0 Å². The van der Waals surface area contributed by atoms with E-state index in [-0.39, 0.29) is 11.9 Å². The molecule has 1 aromatic heterocycles. The molecule has 3 heterocycles. The Hall–Kier alpha value is -3.10. The molecule has 0 radical (unpaired) electrons. The molecule has 2 N–H and O–H groups in total. The molecule has 1 atom stereocenters. The summed E-state index contributed by atoms with van der Waals surface area (Å²) in [5.74, 6) is 2.24. The van der Waals surface area contributed by atoms with E-state index in [4.69, 9.17) is 4.74 Å². The molecule has 2 aromatic rings. The molecule has 142 valence electrons. The van der Waals surface area contributed by atoms with Crippen LogP contribution in [-0.2, 0) is 24.3 Å². The maximum absolute atomic E-state index is 12.3. The minimum absolute atomic E-state index is 0.124. The molecule has 1 aromatic carbocycles. The van der Waals surface area contributed by atoms with Crippen molar-refractivity contribution in [3.63, 3.8) is 0 Å². The molecule has 0 saturated heterocycles. The standard InChI is InChI=1S/C18H22N6O3/c1-11-17(25)23(2)13-9-12(6-7-14(13)27-11)20-18(26)19-10-16-22-21-15-5-3-4-8-24(15)16/h6-7,9,11H,3-5,8,10H2,1-2H3,(H2,19,20,26)/t11-/m1/s1. The highest BCUT2D eigenvalue weighted by Gasteiger charge is 2.29. The van der Waals surface area contributed by atoms with Gasteiger partial charge in [0.15, 0.2) is 11.9 Å². The zero-order valence-electron chi connectivity index (χ0n) is 15.4. The average molecular weight is 370 g/mol. The molecule has 0 fully saturated rings. The number of amides is 3. The Labute approximate surface area is 156 Å². The van der Waals surface area contributed by atoms with E-state index in [2.05, 4.69) is 25.4 Å². The smallest absolute Gasteiger partial charge is 0.319 e. The minimum atomic E-state index is -0.515. The van der Waals surface area contributed by atoms with Crippen LogP contribution in [0, 0.1) is 0 Å². The van der Waals surface area contributed by atoms with Gasteiger partial charge in [-0.25, -0.2) is 4.79 Å². The number of nitrogens with one attached hydrogen (secondary N) is 2. The van der Waals surface area contributed by atoms with Crippen LogP contribution in [0.25, 0.3) is 0 Å². The highest BCUT2D eigenvalue weighted by atomic mass is 16.5. The molecule has 0 unspecified atom stereocenters. The Morgan fingerprint density at radius 2 is 2.19 bits per heavy atom. The second-order valence-corrected chi connectivity index (χ2v) is 6.79. The van der Waals surface area contributed by atoms with Crippen LogP contribution in [-0.4, -0.2) is 39.9 Å². The van der Waals surface area contributed by atoms with Crippen molar-refractivity contribution in [3.8, 4) is 5.75 Å². The van der Waals surface area contributed by atoms with Gasteiger partial charge in [0.05, 0.1) is 12.2 Å². The van der Waals surface area contributed by atoms with Crippen LogP contribution >= 0.6 is 0 Å². The number of carbonyl (C=O) groups is 2. The van der Waals surface area contributed by atoms with E-state index in [9.17, 15) is 9.59 Å². The van der Waals surface area contributed by atoms with Crippen molar-refractivity contribution < 1.29 is 14.3 Å². The quantitative estimate of drug-likeness (QED) is 0.856. The van der Waals surface area contributed by atoms with Gasteiger partial charge < -0.3 is 24.8 Å². The zero-order valence-corrected chi connectivity index (χ0v) is 15.4. The normalized spacial score (nSPS) is 18.4. The number of aryl methyl sites for hydroxylation is 1. The highest BCUT2D eigenvalue weighted by Crippen LogP contribution is 2.35. The Morgan fingerprint density at radius 1 is 1.33 bits per heavy atom. The van der Waals surface area contributed by atoms with E-state index in [1.165, 1.54) is 4.90 Å². The van der Waals surface area contributed by atoms with E-state index in [0.717, 1.165) is 37.5 Å². The van der Waals surface area contributed by atoms with Crippen molar-refractivity contribution in [2.45, 2.75) is 45.4 Å². The van der Waals surface area contributed by atoms with E-state index >= 15 is 0 Å². The molecule has 9 heteroatoms. The summed E-state index contributed by atoms with van der Waals surface area (Å²) in [4.78, 5) is 25.8. The fourth-order valence-electron chi connectivity index (χ4n) is 3.42. The number of aromatic nitrogens is 3. The van der Waals surface area contributed by atoms with Gasteiger partial charge in [-0.05, 0) is 38.0 Å². The number of anilines is 2. The lowest BCUT2D eigenvalue weighted by molar-refractivity contribution is -0.125. The van der Waals surface area contributed by atoms with Crippen molar-refractivity contribution in [1.82, 2.24) is 20.1 Å². The third kappa shape index (κ3) is 3.32. The molecule has 4 rings (SSSR count). The number of rotatable bonds is 3. The van der Waals surface area contributed by atoms with Crippen molar-refractivity contribution in [2.75, 3.05) is 17.3 Å². The number of nitrogens with zero attached hydrogens (tertiary/aromatic N) is 4. The lowest BCUT2D eigenvalue weighted by atomic mass is 10.2. The van der Waals surface area contributed by atoms with Gasteiger partial charge in [-0.15, -0.1) is 10.2 Å². The fourth-order valence-corrected chi connectivity index (χ4v) is 3.42. The second kappa shape index (κ2) is 6.90. The number of carbonyl (C=O) groups excluding carboxylic acids is 2. The summed E-state index contributed by atoms with van der Waals surface area (Å²) in [6.45, 7) is 2.91. The van der Waals surface area contributed by atoms with Gasteiger partial charge in [-0.3, -0.25) is 4.79 Å². The molecule has 0 spiro atoms. The van der Waals surface area contributed by atoms with Gasteiger partial charge in [0.25, 0.3) is 5.91 Å². The summed E-state index contributed by atoms with van der Waals surface area (Å²) in [6, 6.07) is 4.87. The van der Waals surface area contributed by atoms with Gasteiger partial charge in [-0.1, -0.05) is 0 Å². The molecule has 0 saturated carbocycles. The molecule has 0 aliphatic carbocycles. The van der Waals surface area contributed by atoms with E-state index in [1.54, 1.807) is 32.2 Å². The third-order valence-electron chi connectivity index (χ3n) is 4.90. The summed E-state index contributed by atoms with van der Waals surface area (Å²) in [5, 5.41) is 13.9. The molecule has 27 heavy (non-hydrogen) atoms. The highest BCUT2D eigenvalue weighted by molar-refractivity contribution is 6.00. The van der Waals surface area contributed by atoms with Gasteiger partial charge in [-0.2, -0.15) is 0 Å². The predicted molar refractivity (Wildman–Crippen MR) is 98.8 cm³/mol. The van der Waals surface area contributed by atoms with Gasteiger partial charge in [0.1, 0.15) is 11.6 Å². The minimum Gasteiger partial charge on any atom is -0.479 e. The Bertz CT molecular complexity index is 893. The maximum Gasteiger partial charge on any atom is 0.319 e. The number of fused-ring (bicyclic) bond motifs is 2. The van der Waals surface area contributed by atoms with E-state index < -0.39 is 6.10 Å². The summed E-state index contributed by atoms with van der Waals surface area (Å²) in [6.07, 6.45) is 2.65. The van der Waals surface area contributed by atoms with Gasteiger partial charge >= 0.3 is 6.03 Å². The number of likely N-dealkylation sites (N-methyl/N-ethyl adjacent to an activating group) is 1. The zero-order chi connectivity index (χ0) is 19.0. The van der Waals surface area contributed by atoms with Crippen LogP contribution < -0.4 is 20.3 Å². The number of hydrogen-bond acceptors (Lipinski definition) is 5. The molecule has 2 aliphatic rings. The van der Waals surface area contributed by atoms with Crippen molar-refractivity contribution in [2.24, 2.45) is 0 Å². The van der Waals surface area contributed by atoms with E-state index in [1.807, 2.05) is 0 Å². The number of urea groups is 1. The summed E-state index contributed by atoms with van der Waals surface area (Å²) < 4.78 is 7.66. The molecular weight excluding hydrogens is 348 g/mol. The van der Waals surface area contributed by atoms with Gasteiger partial charge in [0, 0.05) is 25.7 Å². The van der Waals surface area contributed by atoms with Crippen molar-refractivity contribution >= 4 is 23.3 Å². The summed E-state index contributed by atoms with van der Waals surface area (Å²) in [5.41, 5.74) is 1.20. The Balaban J connectivity index is 1.40. The van der Waals surface area contributed by atoms with Crippen LogP contribution in [0.4, 0.5) is 16.2 Å². The first-order chi connectivity index (χ1) is 13.0. The second-order valence-electron chi connectivity index (χ2n) is 6.79. The molecule has 0 bridgehead atoms. The molecule has 2 aliphatic heterocycles. The van der Waals surface area contributed by atoms with E-state index in [0.29, 0.717) is 23.7 Å². The van der Waals surface area contributed by atoms with Crippen molar-refractivity contribution in [3.05, 3.63) is 29.8 Å². The Morgan fingerprint density at radius 3 is 3.04 bits per heavy atom. The summed E-state index contributed by atoms with van der Waals surface area (Å²) in [7, 11) is 1.69. The largest absolute Gasteiger partial charge is 0.479 e. The fraction of sp³-hybridized carbons (Fsp3) is 0.444. The predicted octanol–water partition coefficient (Wildman–Crippen LogP) is 1.68. The monoisotopic (exact) mass is 370 g/mol. The van der Waals surface area contributed by atoms with Gasteiger partial charge in [0.2, 0.25) is 0 Å². The third-order valence-corrected chi connectivity index (χ3v) is 4.90. The number of hydrogen-bond donors (Lipinski definition) is 2. The maximum atomic E-state index is 12.3. The molecule has 9 nitrogen and oxygen atoms in total. The van der Waals surface area contributed by atoms with Crippen LogP contribution in [0.5, 0.6) is 5.75 Å². The topological polar surface area (TPSA) is 101 Å². The number of benzene rings is 1. The summed E-state index contributed by atoms with van der Waals surface area (Å²) >= 11 is 0. The first kappa shape index (κ1) is 17.3. The van der Waals surface area contributed by atoms with Crippen molar-refractivity contribution in [1.29, 1.82) is 0 Å². The first-order valence-electron chi connectivity index (χ1n) is 9.07. The van der Waals surface area contributed by atoms with Crippen LogP contribution in [0.15, 0.2) is 18.2 Å². The lowest BCUT2D eigenvalue weighted by Crippen LogP contribution is -2.42. The number of ether oxygens (including phenoxy) is 1. The first-order valence-corrected chi connectivity index (χ1v) is 9.07. The van der Waals surface area contributed by atoms with Crippen LogP contribution in [0.1, 0.15) is 31.4 Å². The Kier molecular flexibility index (Phi) is 4.43.